The van der Waals surface area contributed by atoms with Gasteiger partial charge < -0.3 is 4.90 Å². The van der Waals surface area contributed by atoms with Crippen molar-refractivity contribution in [1.29, 1.82) is 0 Å². The lowest BCUT2D eigenvalue weighted by atomic mass is 10.1. The highest BCUT2D eigenvalue weighted by Gasteiger charge is 2.26. The minimum absolute atomic E-state index is 0.0861. The third-order valence-electron chi connectivity index (χ3n) is 3.20. The van der Waals surface area contributed by atoms with Crippen LogP contribution in [-0.2, 0) is 10.0 Å². The van der Waals surface area contributed by atoms with E-state index < -0.39 is 10.0 Å². The van der Waals surface area contributed by atoms with Gasteiger partial charge in [0.1, 0.15) is 0 Å². The van der Waals surface area contributed by atoms with Crippen LogP contribution in [0, 0.1) is 0 Å². The van der Waals surface area contributed by atoms with Crippen molar-refractivity contribution < 1.29 is 13.2 Å². The van der Waals surface area contributed by atoms with E-state index in [2.05, 4.69) is 36.6 Å². The van der Waals surface area contributed by atoms with Gasteiger partial charge in [-0.1, -0.05) is 31.9 Å². The van der Waals surface area contributed by atoms with Crippen molar-refractivity contribution in [3.05, 3.63) is 32.7 Å². The Balaban J connectivity index is 2.12. The molecule has 0 saturated carbocycles. The first-order valence-corrected chi connectivity index (χ1v) is 9.95. The summed E-state index contributed by atoms with van der Waals surface area (Å²) in [4.78, 5) is 14.2. The van der Waals surface area contributed by atoms with E-state index in [1.54, 1.807) is 17.0 Å². The van der Waals surface area contributed by atoms with Crippen molar-refractivity contribution in [2.75, 3.05) is 19.3 Å². The summed E-state index contributed by atoms with van der Waals surface area (Å²) in [6, 6.07) is 5.18. The molecule has 21 heavy (non-hydrogen) atoms. The highest BCUT2D eigenvalue weighted by Crippen LogP contribution is 2.22. The van der Waals surface area contributed by atoms with Crippen molar-refractivity contribution >= 4 is 47.8 Å². The third kappa shape index (κ3) is 5.05. The number of carbonyl (C=O) groups is 1. The monoisotopic (exact) mass is 438 g/mol. The fourth-order valence-corrected chi connectivity index (χ4v) is 4.51. The summed E-state index contributed by atoms with van der Waals surface area (Å²) in [5.74, 6) is -0.0861. The minimum Gasteiger partial charge on any atom is -0.337 e. The molecule has 0 bridgehead atoms. The molecule has 1 aliphatic rings. The van der Waals surface area contributed by atoms with Crippen LogP contribution in [0.2, 0.25) is 0 Å². The number of halogens is 2. The summed E-state index contributed by atoms with van der Waals surface area (Å²) in [6.07, 6.45) is 2.67. The fraction of sp³-hybridized carbons (Fsp3) is 0.462. The van der Waals surface area contributed by atoms with E-state index in [0.29, 0.717) is 18.7 Å². The average Bonchev–Trinajstić information content (AvgIpc) is 2.35. The van der Waals surface area contributed by atoms with Gasteiger partial charge in [0.05, 0.1) is 6.26 Å². The molecule has 1 amide bonds. The van der Waals surface area contributed by atoms with Gasteiger partial charge in [0, 0.05) is 33.6 Å². The Morgan fingerprint density at radius 1 is 1.29 bits per heavy atom. The smallest absolute Gasteiger partial charge is 0.253 e. The predicted molar refractivity (Wildman–Crippen MR) is 88.7 cm³/mol. The molecule has 1 aromatic carbocycles. The number of nitrogens with one attached hydrogen (secondary N) is 1. The second-order valence-corrected chi connectivity index (χ2v) is 8.75. The first kappa shape index (κ1) is 16.9. The first-order valence-electron chi connectivity index (χ1n) is 6.47. The van der Waals surface area contributed by atoms with E-state index in [1.165, 1.54) is 0 Å². The van der Waals surface area contributed by atoms with E-state index >= 15 is 0 Å². The lowest BCUT2D eigenvalue weighted by molar-refractivity contribution is 0.0703. The molecule has 0 aromatic heterocycles. The third-order valence-corrected chi connectivity index (χ3v) is 4.88. The first-order chi connectivity index (χ1) is 9.74. The standard InChI is InChI=1S/C13H16Br2N2O3S/c1-21(19,20)16-12-3-2-4-17(8-12)13(18)9-5-10(14)7-11(15)6-9/h5-7,12,16H,2-4,8H2,1H3. The molecule has 1 heterocycles. The molecular weight excluding hydrogens is 424 g/mol. The molecule has 1 N–H and O–H groups in total. The Morgan fingerprint density at radius 3 is 2.48 bits per heavy atom. The molecule has 8 heteroatoms. The molecule has 1 aliphatic heterocycles. The molecule has 1 fully saturated rings. The summed E-state index contributed by atoms with van der Waals surface area (Å²) in [6.45, 7) is 1.04. The lowest BCUT2D eigenvalue weighted by Crippen LogP contribution is -2.49. The number of likely N-dealkylation sites (tertiary alicyclic amines) is 1. The molecule has 116 valence electrons. The van der Waals surface area contributed by atoms with E-state index in [9.17, 15) is 13.2 Å². The minimum atomic E-state index is -3.25. The van der Waals surface area contributed by atoms with Gasteiger partial charge in [-0.3, -0.25) is 4.79 Å². The maximum absolute atomic E-state index is 12.5. The number of piperidine rings is 1. The number of rotatable bonds is 3. The normalized spacial score (nSPS) is 19.6. The number of amides is 1. The average molecular weight is 440 g/mol. The number of nitrogens with zero attached hydrogens (tertiary/aromatic N) is 1. The van der Waals surface area contributed by atoms with Crippen LogP contribution in [-0.4, -0.2) is 44.6 Å². The SMILES string of the molecule is CS(=O)(=O)NC1CCCN(C(=O)c2cc(Br)cc(Br)c2)C1. The Labute approximate surface area is 141 Å². The van der Waals surface area contributed by atoms with Gasteiger partial charge in [-0.15, -0.1) is 0 Å². The predicted octanol–water partition coefficient (Wildman–Crippen LogP) is 2.37. The van der Waals surface area contributed by atoms with E-state index in [4.69, 9.17) is 0 Å². The molecule has 0 aliphatic carbocycles. The van der Waals surface area contributed by atoms with Gasteiger partial charge in [-0.25, -0.2) is 13.1 Å². The molecule has 5 nitrogen and oxygen atoms in total. The summed E-state index contributed by atoms with van der Waals surface area (Å²) in [7, 11) is -3.25. The second kappa shape index (κ2) is 6.76. The van der Waals surface area contributed by atoms with Crippen molar-refractivity contribution in [3.8, 4) is 0 Å². The maximum Gasteiger partial charge on any atom is 0.253 e. The summed E-state index contributed by atoms with van der Waals surface area (Å²) in [5, 5.41) is 0. The van der Waals surface area contributed by atoms with Crippen molar-refractivity contribution in [2.24, 2.45) is 0 Å². The molecular formula is C13H16Br2N2O3S. The highest BCUT2D eigenvalue weighted by molar-refractivity contribution is 9.11. The highest BCUT2D eigenvalue weighted by atomic mass is 79.9. The Morgan fingerprint density at radius 2 is 1.90 bits per heavy atom. The van der Waals surface area contributed by atoms with Crippen molar-refractivity contribution in [3.63, 3.8) is 0 Å². The Kier molecular flexibility index (Phi) is 5.45. The van der Waals surface area contributed by atoms with Crippen LogP contribution >= 0.6 is 31.9 Å². The van der Waals surface area contributed by atoms with Crippen LogP contribution in [0.25, 0.3) is 0 Å². The number of sulfonamides is 1. The van der Waals surface area contributed by atoms with Crippen molar-refractivity contribution in [2.45, 2.75) is 18.9 Å². The zero-order valence-corrected chi connectivity index (χ0v) is 15.5. The molecule has 0 spiro atoms. The molecule has 0 radical (unpaired) electrons. The Bertz CT molecular complexity index is 629. The van der Waals surface area contributed by atoms with Gasteiger partial charge in [0.25, 0.3) is 5.91 Å². The van der Waals surface area contributed by atoms with Crippen LogP contribution in [0.3, 0.4) is 0 Å². The largest absolute Gasteiger partial charge is 0.337 e. The molecule has 1 atom stereocenters. The molecule has 1 unspecified atom stereocenters. The summed E-state index contributed by atoms with van der Waals surface area (Å²) in [5.41, 5.74) is 0.580. The molecule has 1 aromatic rings. The zero-order chi connectivity index (χ0) is 15.6. The lowest BCUT2D eigenvalue weighted by Gasteiger charge is -2.32. The van der Waals surface area contributed by atoms with Gasteiger partial charge in [0.15, 0.2) is 0 Å². The molecule has 2 rings (SSSR count). The van der Waals surface area contributed by atoms with Crippen LogP contribution in [0.15, 0.2) is 27.1 Å². The Hall–Kier alpha value is -0.440. The van der Waals surface area contributed by atoms with Gasteiger partial charge in [0.2, 0.25) is 10.0 Å². The van der Waals surface area contributed by atoms with E-state index in [-0.39, 0.29) is 11.9 Å². The van der Waals surface area contributed by atoms with Crippen LogP contribution in [0.4, 0.5) is 0 Å². The van der Waals surface area contributed by atoms with Crippen LogP contribution in [0.1, 0.15) is 23.2 Å². The van der Waals surface area contributed by atoms with Crippen LogP contribution in [0.5, 0.6) is 0 Å². The maximum atomic E-state index is 12.5. The van der Waals surface area contributed by atoms with Gasteiger partial charge in [-0.05, 0) is 31.0 Å². The fourth-order valence-electron chi connectivity index (χ4n) is 2.42. The number of hydrogen-bond acceptors (Lipinski definition) is 3. The number of carbonyl (C=O) groups excluding carboxylic acids is 1. The van der Waals surface area contributed by atoms with Crippen LogP contribution < -0.4 is 4.72 Å². The van der Waals surface area contributed by atoms with E-state index in [0.717, 1.165) is 28.0 Å². The quantitative estimate of drug-likeness (QED) is 0.786. The summed E-state index contributed by atoms with van der Waals surface area (Å²) < 4.78 is 26.8. The van der Waals surface area contributed by atoms with E-state index in [1.807, 2.05) is 6.07 Å². The topological polar surface area (TPSA) is 66.5 Å². The van der Waals surface area contributed by atoms with Gasteiger partial charge >= 0.3 is 0 Å². The number of benzene rings is 1. The second-order valence-electron chi connectivity index (χ2n) is 5.14. The zero-order valence-electron chi connectivity index (χ0n) is 11.5. The number of hydrogen-bond donors (Lipinski definition) is 1. The molecule has 1 saturated heterocycles. The van der Waals surface area contributed by atoms with Gasteiger partial charge in [-0.2, -0.15) is 0 Å². The van der Waals surface area contributed by atoms with Crippen molar-refractivity contribution in [1.82, 2.24) is 9.62 Å². The summed E-state index contributed by atoms with van der Waals surface area (Å²) >= 11 is 6.73.